The molecule has 0 unspecified atom stereocenters. The van der Waals surface area contributed by atoms with Crippen LogP contribution in [-0.2, 0) is 0 Å². The minimum atomic E-state index is 1.12. The lowest BCUT2D eigenvalue weighted by molar-refractivity contribution is 0.665. The van der Waals surface area contributed by atoms with Gasteiger partial charge in [-0.2, -0.15) is 0 Å². The Morgan fingerprint density at radius 2 is 1.41 bits per heavy atom. The van der Waals surface area contributed by atoms with Crippen molar-refractivity contribution in [2.24, 2.45) is 0 Å². The summed E-state index contributed by atoms with van der Waals surface area (Å²) in [6, 6.07) is 13.7. The third kappa shape index (κ3) is 3.17. The minimum absolute atomic E-state index is 1.12. The number of unbranched alkanes of at least 4 members (excludes halogenated alkanes) is 3. The highest BCUT2D eigenvalue weighted by Crippen LogP contribution is 2.48. The molecular formula is C20H25NS. The zero-order chi connectivity index (χ0) is 15.5. The van der Waals surface area contributed by atoms with Crippen molar-refractivity contribution in [1.29, 1.82) is 0 Å². The predicted molar refractivity (Wildman–Crippen MR) is 97.6 cm³/mol. The van der Waals surface area contributed by atoms with Crippen LogP contribution in [0.3, 0.4) is 0 Å². The number of anilines is 2. The van der Waals surface area contributed by atoms with E-state index in [0.717, 1.165) is 6.54 Å². The van der Waals surface area contributed by atoms with E-state index < -0.39 is 0 Å². The van der Waals surface area contributed by atoms with Gasteiger partial charge in [-0.3, -0.25) is 0 Å². The molecule has 0 atom stereocenters. The van der Waals surface area contributed by atoms with Gasteiger partial charge in [-0.1, -0.05) is 50.1 Å². The highest BCUT2D eigenvalue weighted by Gasteiger charge is 2.23. The first-order chi connectivity index (χ1) is 10.7. The molecule has 0 radical (unpaired) electrons. The molecule has 0 spiro atoms. The number of nitrogens with zero attached hydrogens (tertiary/aromatic N) is 1. The van der Waals surface area contributed by atoms with Gasteiger partial charge in [0.1, 0.15) is 0 Å². The molecule has 0 amide bonds. The van der Waals surface area contributed by atoms with Gasteiger partial charge in [-0.25, -0.2) is 0 Å². The molecular weight excluding hydrogens is 286 g/mol. The Labute approximate surface area is 138 Å². The van der Waals surface area contributed by atoms with Crippen molar-refractivity contribution in [3.05, 3.63) is 47.5 Å². The van der Waals surface area contributed by atoms with E-state index in [-0.39, 0.29) is 0 Å². The lowest BCUT2D eigenvalue weighted by Gasteiger charge is -2.33. The number of rotatable bonds is 5. The second-order valence-corrected chi connectivity index (χ2v) is 7.34. The number of hydrogen-bond acceptors (Lipinski definition) is 2. The standard InChI is InChI=1S/C20H25NS/c1-4-5-6-7-12-21-17-10-8-15(2)13-19(17)22-20-14-16(3)9-11-18(20)21/h8-11,13-14H,4-7,12H2,1-3H3. The molecule has 1 aliphatic rings. The van der Waals surface area contributed by atoms with E-state index in [0.29, 0.717) is 0 Å². The lowest BCUT2D eigenvalue weighted by atomic mass is 10.1. The average molecular weight is 311 g/mol. The van der Waals surface area contributed by atoms with Crippen molar-refractivity contribution < 1.29 is 0 Å². The zero-order valence-electron chi connectivity index (χ0n) is 13.9. The summed E-state index contributed by atoms with van der Waals surface area (Å²) in [5, 5.41) is 0. The second kappa shape index (κ2) is 6.78. The molecule has 1 heterocycles. The molecule has 0 N–H and O–H groups in total. The van der Waals surface area contributed by atoms with Crippen LogP contribution in [-0.4, -0.2) is 6.54 Å². The van der Waals surface area contributed by atoms with Crippen molar-refractivity contribution in [1.82, 2.24) is 0 Å². The molecule has 0 bridgehead atoms. The van der Waals surface area contributed by atoms with Crippen molar-refractivity contribution in [2.45, 2.75) is 56.2 Å². The van der Waals surface area contributed by atoms with Crippen LogP contribution in [0.4, 0.5) is 11.4 Å². The van der Waals surface area contributed by atoms with E-state index in [1.165, 1.54) is 58.0 Å². The summed E-state index contributed by atoms with van der Waals surface area (Å²) in [5.74, 6) is 0. The largest absolute Gasteiger partial charge is 0.340 e. The molecule has 0 fully saturated rings. The summed E-state index contributed by atoms with van der Waals surface area (Å²) in [7, 11) is 0. The Hall–Kier alpha value is -1.41. The first kappa shape index (κ1) is 15.5. The number of aryl methyl sites for hydroxylation is 2. The molecule has 116 valence electrons. The SMILES string of the molecule is CCCCCCN1c2ccc(C)cc2Sc2cc(C)ccc21. The molecule has 1 aliphatic heterocycles. The van der Waals surface area contributed by atoms with Crippen molar-refractivity contribution in [3.63, 3.8) is 0 Å². The first-order valence-electron chi connectivity index (χ1n) is 8.35. The van der Waals surface area contributed by atoms with Crippen LogP contribution in [0.2, 0.25) is 0 Å². The van der Waals surface area contributed by atoms with E-state index in [1.54, 1.807) is 0 Å². The number of hydrogen-bond donors (Lipinski definition) is 0. The smallest absolute Gasteiger partial charge is 0.0553 e. The van der Waals surface area contributed by atoms with Crippen LogP contribution in [0.1, 0.15) is 43.7 Å². The fourth-order valence-corrected chi connectivity index (χ4v) is 4.33. The van der Waals surface area contributed by atoms with Gasteiger partial charge in [0.05, 0.1) is 11.4 Å². The Morgan fingerprint density at radius 1 is 0.818 bits per heavy atom. The van der Waals surface area contributed by atoms with Gasteiger partial charge in [0, 0.05) is 16.3 Å². The van der Waals surface area contributed by atoms with Crippen LogP contribution >= 0.6 is 11.8 Å². The fourth-order valence-electron chi connectivity index (χ4n) is 3.04. The third-order valence-electron chi connectivity index (χ3n) is 4.27. The molecule has 0 aliphatic carbocycles. The van der Waals surface area contributed by atoms with Gasteiger partial charge in [-0.15, -0.1) is 0 Å². The molecule has 0 aromatic heterocycles. The van der Waals surface area contributed by atoms with Gasteiger partial charge in [0.15, 0.2) is 0 Å². The molecule has 0 saturated heterocycles. The number of fused-ring (bicyclic) bond motifs is 2. The van der Waals surface area contributed by atoms with Crippen LogP contribution < -0.4 is 4.90 Å². The number of benzene rings is 2. The Morgan fingerprint density at radius 3 is 1.95 bits per heavy atom. The summed E-state index contributed by atoms with van der Waals surface area (Å²) in [5.41, 5.74) is 5.44. The van der Waals surface area contributed by atoms with Crippen LogP contribution in [0.25, 0.3) is 0 Å². The predicted octanol–water partition coefficient (Wildman–Crippen LogP) is 6.49. The maximum Gasteiger partial charge on any atom is 0.0553 e. The highest BCUT2D eigenvalue weighted by molar-refractivity contribution is 7.99. The Bertz CT molecular complexity index is 611. The van der Waals surface area contributed by atoms with Gasteiger partial charge < -0.3 is 4.90 Å². The van der Waals surface area contributed by atoms with E-state index >= 15 is 0 Å². The maximum absolute atomic E-state index is 2.52. The normalized spacial score (nSPS) is 13.0. The van der Waals surface area contributed by atoms with Crippen molar-refractivity contribution in [2.75, 3.05) is 11.4 Å². The van der Waals surface area contributed by atoms with Crippen molar-refractivity contribution in [3.8, 4) is 0 Å². The summed E-state index contributed by atoms with van der Waals surface area (Å²) >= 11 is 1.92. The summed E-state index contributed by atoms with van der Waals surface area (Å²) in [6.07, 6.45) is 5.22. The summed E-state index contributed by atoms with van der Waals surface area (Å²) in [4.78, 5) is 5.32. The summed E-state index contributed by atoms with van der Waals surface area (Å²) < 4.78 is 0. The van der Waals surface area contributed by atoms with Crippen LogP contribution in [0.5, 0.6) is 0 Å². The fraction of sp³-hybridized carbons (Fsp3) is 0.400. The average Bonchev–Trinajstić information content (AvgIpc) is 2.50. The van der Waals surface area contributed by atoms with E-state index in [4.69, 9.17) is 0 Å². The van der Waals surface area contributed by atoms with Gasteiger partial charge >= 0.3 is 0 Å². The quantitative estimate of drug-likeness (QED) is 0.581. The van der Waals surface area contributed by atoms with E-state index in [1.807, 2.05) is 11.8 Å². The molecule has 2 aromatic carbocycles. The molecule has 0 saturated carbocycles. The second-order valence-electron chi connectivity index (χ2n) is 6.26. The van der Waals surface area contributed by atoms with Crippen LogP contribution in [0.15, 0.2) is 46.2 Å². The van der Waals surface area contributed by atoms with Gasteiger partial charge in [0.2, 0.25) is 0 Å². The molecule has 2 heteroatoms. The monoisotopic (exact) mass is 311 g/mol. The Balaban J connectivity index is 1.93. The van der Waals surface area contributed by atoms with E-state index in [9.17, 15) is 0 Å². The molecule has 2 aromatic rings. The first-order valence-corrected chi connectivity index (χ1v) is 9.17. The molecule has 1 nitrogen and oxygen atoms in total. The highest BCUT2D eigenvalue weighted by atomic mass is 32.2. The third-order valence-corrected chi connectivity index (χ3v) is 5.36. The Kier molecular flexibility index (Phi) is 4.77. The molecule has 3 rings (SSSR count). The summed E-state index contributed by atoms with van der Waals surface area (Å²) in [6.45, 7) is 7.75. The van der Waals surface area contributed by atoms with Gasteiger partial charge in [0.25, 0.3) is 0 Å². The topological polar surface area (TPSA) is 3.24 Å². The zero-order valence-corrected chi connectivity index (χ0v) is 14.7. The minimum Gasteiger partial charge on any atom is -0.340 e. The van der Waals surface area contributed by atoms with Gasteiger partial charge in [-0.05, 0) is 55.7 Å². The molecule has 22 heavy (non-hydrogen) atoms. The maximum atomic E-state index is 2.52. The lowest BCUT2D eigenvalue weighted by Crippen LogP contribution is -2.22. The van der Waals surface area contributed by atoms with E-state index in [2.05, 4.69) is 62.1 Å². The van der Waals surface area contributed by atoms with Crippen LogP contribution in [0, 0.1) is 13.8 Å². The van der Waals surface area contributed by atoms with Crippen molar-refractivity contribution >= 4 is 23.1 Å².